The van der Waals surface area contributed by atoms with E-state index in [4.69, 9.17) is 0 Å². The van der Waals surface area contributed by atoms with Gasteiger partial charge in [-0.3, -0.25) is 9.69 Å². The molecule has 0 unspecified atom stereocenters. The van der Waals surface area contributed by atoms with E-state index in [1.54, 1.807) is 12.1 Å². The summed E-state index contributed by atoms with van der Waals surface area (Å²) in [4.78, 5) is 14.4. The van der Waals surface area contributed by atoms with Crippen molar-refractivity contribution in [2.75, 3.05) is 13.1 Å². The first-order valence-electron chi connectivity index (χ1n) is 9.76. The van der Waals surface area contributed by atoms with Crippen molar-refractivity contribution in [1.29, 1.82) is 0 Å². The van der Waals surface area contributed by atoms with Crippen LogP contribution in [0.25, 0.3) is 0 Å². The number of aliphatic hydroxyl groups is 1. The number of rotatable bonds is 8. The average Bonchev–Trinajstić information content (AvgIpc) is 2.70. The number of amides is 1. The van der Waals surface area contributed by atoms with Gasteiger partial charge in [0.05, 0.1) is 12.5 Å². The Morgan fingerprint density at radius 3 is 2.24 bits per heavy atom. The van der Waals surface area contributed by atoms with Crippen LogP contribution < -0.4 is 10.1 Å². The smallest absolute Gasteiger partial charge is 0.387 e. The lowest BCUT2D eigenvalue weighted by atomic mass is 10.1. The van der Waals surface area contributed by atoms with Crippen LogP contribution in [0.3, 0.4) is 0 Å². The quantitative estimate of drug-likeness (QED) is 0.710. The number of alkyl halides is 2. The lowest BCUT2D eigenvalue weighted by Crippen LogP contribution is -2.35. The van der Waals surface area contributed by atoms with Gasteiger partial charge in [0, 0.05) is 26.2 Å². The number of nitrogens with zero attached hydrogens (tertiary/aromatic N) is 1. The Balaban J connectivity index is 1.41. The second kappa shape index (κ2) is 10.3. The molecule has 0 atom stereocenters. The molecule has 1 heterocycles. The number of likely N-dealkylation sites (tertiary alicyclic amines) is 1. The molecule has 2 N–H and O–H groups in total. The zero-order valence-corrected chi connectivity index (χ0v) is 16.2. The molecular formula is C22H26F2N2O3. The summed E-state index contributed by atoms with van der Waals surface area (Å²) in [6.07, 6.45) is 1.66. The number of piperidine rings is 1. The SMILES string of the molecule is O=C(Cc1ccc(OC(F)F)cc1)NCc1ccc(CN2CCC(O)CC2)cc1. The number of hydrogen-bond donors (Lipinski definition) is 2. The molecule has 0 bridgehead atoms. The van der Waals surface area contributed by atoms with Gasteiger partial charge in [0.25, 0.3) is 0 Å². The zero-order valence-electron chi connectivity index (χ0n) is 16.2. The topological polar surface area (TPSA) is 61.8 Å². The maximum Gasteiger partial charge on any atom is 0.387 e. The van der Waals surface area contributed by atoms with Crippen LogP contribution in [-0.4, -0.2) is 41.7 Å². The summed E-state index contributed by atoms with van der Waals surface area (Å²) in [6, 6.07) is 14.2. The number of aliphatic hydroxyl groups excluding tert-OH is 1. The molecule has 1 amide bonds. The Labute approximate surface area is 169 Å². The zero-order chi connectivity index (χ0) is 20.6. The largest absolute Gasteiger partial charge is 0.435 e. The summed E-state index contributed by atoms with van der Waals surface area (Å²) in [6.45, 7) is 0.262. The molecule has 1 aliphatic rings. The molecule has 0 aliphatic carbocycles. The molecule has 7 heteroatoms. The maximum atomic E-state index is 12.2. The third-order valence-electron chi connectivity index (χ3n) is 4.99. The Kier molecular flexibility index (Phi) is 7.55. The van der Waals surface area contributed by atoms with Crippen LogP contribution in [0.2, 0.25) is 0 Å². The number of nitrogens with one attached hydrogen (secondary N) is 1. The minimum absolute atomic E-state index is 0.0741. The van der Waals surface area contributed by atoms with Gasteiger partial charge in [0.15, 0.2) is 0 Å². The fourth-order valence-corrected chi connectivity index (χ4v) is 3.34. The van der Waals surface area contributed by atoms with E-state index in [2.05, 4.69) is 27.1 Å². The van der Waals surface area contributed by atoms with E-state index >= 15 is 0 Å². The van der Waals surface area contributed by atoms with E-state index in [0.29, 0.717) is 6.54 Å². The summed E-state index contributed by atoms with van der Waals surface area (Å²) < 4.78 is 28.6. The van der Waals surface area contributed by atoms with Gasteiger partial charge in [0.2, 0.25) is 5.91 Å². The van der Waals surface area contributed by atoms with Gasteiger partial charge < -0.3 is 15.2 Å². The highest BCUT2D eigenvalue weighted by molar-refractivity contribution is 5.78. The van der Waals surface area contributed by atoms with Crippen LogP contribution in [-0.2, 0) is 24.3 Å². The van der Waals surface area contributed by atoms with Crippen molar-refractivity contribution in [3.05, 3.63) is 65.2 Å². The molecular weight excluding hydrogens is 378 g/mol. The fraction of sp³-hybridized carbons (Fsp3) is 0.409. The van der Waals surface area contributed by atoms with Crippen molar-refractivity contribution < 1.29 is 23.4 Å². The molecule has 29 heavy (non-hydrogen) atoms. The summed E-state index contributed by atoms with van der Waals surface area (Å²) in [5.74, 6) is -0.0616. The van der Waals surface area contributed by atoms with Crippen molar-refractivity contribution in [1.82, 2.24) is 10.2 Å². The van der Waals surface area contributed by atoms with Crippen molar-refractivity contribution >= 4 is 5.91 Å². The van der Waals surface area contributed by atoms with Gasteiger partial charge in [-0.25, -0.2) is 0 Å². The molecule has 0 radical (unpaired) electrons. The normalized spacial score (nSPS) is 15.4. The van der Waals surface area contributed by atoms with Crippen LogP contribution in [0.1, 0.15) is 29.5 Å². The molecule has 156 valence electrons. The highest BCUT2D eigenvalue weighted by Crippen LogP contribution is 2.16. The second-order valence-electron chi connectivity index (χ2n) is 7.30. The number of halogens is 2. The molecule has 5 nitrogen and oxygen atoms in total. The summed E-state index contributed by atoms with van der Waals surface area (Å²) >= 11 is 0. The van der Waals surface area contributed by atoms with Crippen LogP contribution in [0.15, 0.2) is 48.5 Å². The minimum atomic E-state index is -2.86. The summed E-state index contributed by atoms with van der Waals surface area (Å²) in [5.41, 5.74) is 2.95. The molecule has 1 fully saturated rings. The van der Waals surface area contributed by atoms with Crippen LogP contribution in [0.4, 0.5) is 8.78 Å². The van der Waals surface area contributed by atoms with Gasteiger partial charge in [-0.2, -0.15) is 8.78 Å². The molecule has 2 aromatic carbocycles. The van der Waals surface area contributed by atoms with Crippen LogP contribution in [0, 0.1) is 0 Å². The second-order valence-corrected chi connectivity index (χ2v) is 7.30. The van der Waals surface area contributed by atoms with Gasteiger partial charge in [0.1, 0.15) is 5.75 Å². The van der Waals surface area contributed by atoms with Crippen molar-refractivity contribution in [3.63, 3.8) is 0 Å². The number of carbonyl (C=O) groups is 1. The molecule has 0 aromatic heterocycles. The predicted molar refractivity (Wildman–Crippen MR) is 106 cm³/mol. The van der Waals surface area contributed by atoms with E-state index in [-0.39, 0.29) is 24.2 Å². The summed E-state index contributed by atoms with van der Waals surface area (Å²) in [5, 5.41) is 12.4. The van der Waals surface area contributed by atoms with Gasteiger partial charge in [-0.15, -0.1) is 0 Å². The molecule has 3 rings (SSSR count). The molecule has 1 aliphatic heterocycles. The Morgan fingerprint density at radius 2 is 1.62 bits per heavy atom. The maximum absolute atomic E-state index is 12.2. The third kappa shape index (κ3) is 7.11. The Hall–Kier alpha value is -2.51. The number of hydrogen-bond acceptors (Lipinski definition) is 4. The Bertz CT molecular complexity index is 774. The first-order chi connectivity index (χ1) is 14.0. The first kappa shape index (κ1) is 21.2. The molecule has 0 spiro atoms. The van der Waals surface area contributed by atoms with Gasteiger partial charge >= 0.3 is 6.61 Å². The lowest BCUT2D eigenvalue weighted by Gasteiger charge is -2.29. The summed E-state index contributed by atoms with van der Waals surface area (Å²) in [7, 11) is 0. The van der Waals surface area contributed by atoms with E-state index < -0.39 is 6.61 Å². The van der Waals surface area contributed by atoms with Crippen molar-refractivity contribution in [2.45, 2.75) is 45.1 Å². The van der Waals surface area contributed by atoms with Crippen LogP contribution in [0.5, 0.6) is 5.75 Å². The van der Waals surface area contributed by atoms with Crippen molar-refractivity contribution in [3.8, 4) is 5.75 Å². The number of benzene rings is 2. The monoisotopic (exact) mass is 404 g/mol. The standard InChI is InChI=1S/C22H26F2N2O3/c23-22(24)29-20-7-5-16(6-8-20)13-21(28)25-14-17-1-3-18(4-2-17)15-26-11-9-19(27)10-12-26/h1-8,19,22,27H,9-15H2,(H,25,28). The van der Waals surface area contributed by atoms with E-state index in [0.717, 1.165) is 43.6 Å². The third-order valence-corrected chi connectivity index (χ3v) is 4.99. The minimum Gasteiger partial charge on any atom is -0.435 e. The molecule has 2 aromatic rings. The Morgan fingerprint density at radius 1 is 1.03 bits per heavy atom. The van der Waals surface area contributed by atoms with Gasteiger partial charge in [-0.1, -0.05) is 36.4 Å². The first-order valence-corrected chi connectivity index (χ1v) is 9.76. The van der Waals surface area contributed by atoms with Crippen molar-refractivity contribution in [2.24, 2.45) is 0 Å². The van der Waals surface area contributed by atoms with Gasteiger partial charge in [-0.05, 0) is 41.7 Å². The number of carbonyl (C=O) groups excluding carboxylic acids is 1. The van der Waals surface area contributed by atoms with E-state index in [9.17, 15) is 18.7 Å². The van der Waals surface area contributed by atoms with E-state index in [1.807, 2.05) is 12.1 Å². The predicted octanol–water partition coefficient (Wildman–Crippen LogP) is 3.10. The average molecular weight is 404 g/mol. The van der Waals surface area contributed by atoms with Crippen LogP contribution >= 0.6 is 0 Å². The highest BCUT2D eigenvalue weighted by Gasteiger charge is 2.16. The molecule has 0 saturated carbocycles. The highest BCUT2D eigenvalue weighted by atomic mass is 19.3. The fourth-order valence-electron chi connectivity index (χ4n) is 3.34. The van der Waals surface area contributed by atoms with E-state index in [1.165, 1.54) is 17.7 Å². The lowest BCUT2D eigenvalue weighted by molar-refractivity contribution is -0.120. The molecule has 1 saturated heterocycles. The number of ether oxygens (including phenoxy) is 1.